The van der Waals surface area contributed by atoms with E-state index in [9.17, 15) is 18.0 Å². The van der Waals surface area contributed by atoms with Crippen LogP contribution < -0.4 is 10.2 Å². The summed E-state index contributed by atoms with van der Waals surface area (Å²) in [7, 11) is 0. The average molecular weight is 492 g/mol. The summed E-state index contributed by atoms with van der Waals surface area (Å²) >= 11 is 1.19. The van der Waals surface area contributed by atoms with Crippen LogP contribution in [-0.2, 0) is 15.7 Å². The Kier molecular flexibility index (Phi) is 7.13. The van der Waals surface area contributed by atoms with Crippen molar-refractivity contribution in [3.63, 3.8) is 0 Å². The highest BCUT2D eigenvalue weighted by atomic mass is 32.2. The predicted molar refractivity (Wildman–Crippen MR) is 125 cm³/mol. The Labute approximate surface area is 199 Å². The van der Waals surface area contributed by atoms with Crippen molar-refractivity contribution >= 4 is 29.3 Å². The molecular formula is C23H24F3N5O2S. The summed E-state index contributed by atoms with van der Waals surface area (Å²) in [5, 5.41) is 11.1. The van der Waals surface area contributed by atoms with Crippen LogP contribution in [-0.4, -0.2) is 52.2 Å². The zero-order chi connectivity index (χ0) is 24.3. The summed E-state index contributed by atoms with van der Waals surface area (Å²) in [6.07, 6.45) is -4.48. The number of amides is 1. The fourth-order valence-electron chi connectivity index (χ4n) is 3.46. The molecule has 0 spiro atoms. The van der Waals surface area contributed by atoms with Crippen LogP contribution in [0.1, 0.15) is 18.1 Å². The molecule has 7 nitrogen and oxygen atoms in total. The molecule has 1 amide bonds. The average Bonchev–Trinajstić information content (AvgIpc) is 3.23. The van der Waals surface area contributed by atoms with Gasteiger partial charge in [-0.3, -0.25) is 9.36 Å². The van der Waals surface area contributed by atoms with Crippen LogP contribution in [0.2, 0.25) is 0 Å². The van der Waals surface area contributed by atoms with Crippen molar-refractivity contribution < 1.29 is 22.7 Å². The van der Waals surface area contributed by atoms with E-state index in [1.807, 2.05) is 35.8 Å². The van der Waals surface area contributed by atoms with E-state index >= 15 is 0 Å². The monoisotopic (exact) mass is 491 g/mol. The molecule has 2 heterocycles. The zero-order valence-corrected chi connectivity index (χ0v) is 19.5. The summed E-state index contributed by atoms with van der Waals surface area (Å²) in [5.41, 5.74) is 1.22. The van der Waals surface area contributed by atoms with Crippen molar-refractivity contribution in [1.29, 1.82) is 0 Å². The van der Waals surface area contributed by atoms with E-state index in [1.165, 1.54) is 23.9 Å². The third-order valence-corrected chi connectivity index (χ3v) is 6.35. The summed E-state index contributed by atoms with van der Waals surface area (Å²) in [5.74, 6) is 0.218. The van der Waals surface area contributed by atoms with Crippen molar-refractivity contribution in [2.75, 3.05) is 36.5 Å². The summed E-state index contributed by atoms with van der Waals surface area (Å²) in [6.45, 7) is 6.17. The molecule has 1 aliphatic rings. The fraction of sp³-hybridized carbons (Fsp3) is 0.348. The number of nitrogens with one attached hydrogen (secondary N) is 1. The summed E-state index contributed by atoms with van der Waals surface area (Å²) in [6, 6.07) is 12.5. The van der Waals surface area contributed by atoms with Gasteiger partial charge in [0.15, 0.2) is 5.16 Å². The molecule has 0 radical (unpaired) electrons. The Morgan fingerprint density at radius 2 is 1.82 bits per heavy atom. The number of morpholine rings is 1. The highest BCUT2D eigenvalue weighted by molar-refractivity contribution is 8.00. The number of ether oxygens (including phenoxy) is 1. The second-order valence-electron chi connectivity index (χ2n) is 7.88. The van der Waals surface area contributed by atoms with Crippen molar-refractivity contribution in [2.24, 2.45) is 0 Å². The van der Waals surface area contributed by atoms with Crippen LogP contribution in [0.5, 0.6) is 0 Å². The largest absolute Gasteiger partial charge is 0.416 e. The number of nitrogens with zero attached hydrogens (tertiary/aromatic N) is 4. The van der Waals surface area contributed by atoms with Gasteiger partial charge in [-0.05, 0) is 44.2 Å². The van der Waals surface area contributed by atoms with E-state index < -0.39 is 22.9 Å². The number of carbonyl (C=O) groups excluding carboxylic acids is 1. The predicted octanol–water partition coefficient (Wildman–Crippen LogP) is 4.55. The van der Waals surface area contributed by atoms with Gasteiger partial charge in [0.1, 0.15) is 0 Å². The molecular weight excluding hydrogens is 467 g/mol. The second kappa shape index (κ2) is 10.1. The number of benzene rings is 2. The first-order chi connectivity index (χ1) is 16.2. The van der Waals surface area contributed by atoms with Crippen molar-refractivity contribution in [1.82, 2.24) is 14.8 Å². The Hall–Kier alpha value is -3.05. The third-order valence-electron chi connectivity index (χ3n) is 5.31. The number of aryl methyl sites for hydroxylation is 1. The lowest BCUT2D eigenvalue weighted by atomic mass is 10.2. The van der Waals surface area contributed by atoms with Gasteiger partial charge in [0.25, 0.3) is 0 Å². The molecule has 34 heavy (non-hydrogen) atoms. The molecule has 0 aliphatic carbocycles. The van der Waals surface area contributed by atoms with E-state index in [2.05, 4.69) is 20.4 Å². The standard InChI is InChI=1S/C23H24F3N5O2S/c1-15-6-8-19(9-7-15)31-21(30-10-12-33-13-11-30)28-29-22(31)34-16(2)20(32)27-18-5-3-4-17(14-18)23(24,25)26/h3-9,14,16H,10-13H2,1-2H3,(H,27,32). The number of alkyl halides is 3. The fourth-order valence-corrected chi connectivity index (χ4v) is 4.32. The second-order valence-corrected chi connectivity index (χ2v) is 9.19. The van der Waals surface area contributed by atoms with Crippen LogP contribution in [0.25, 0.3) is 5.69 Å². The minimum Gasteiger partial charge on any atom is -0.378 e. The number of hydrogen-bond donors (Lipinski definition) is 1. The van der Waals surface area contributed by atoms with E-state index in [0.717, 1.165) is 23.4 Å². The Bertz CT molecular complexity index is 1140. The number of aromatic nitrogens is 3. The quantitative estimate of drug-likeness (QED) is 0.510. The highest BCUT2D eigenvalue weighted by Crippen LogP contribution is 2.32. The SMILES string of the molecule is Cc1ccc(-n2c(SC(C)C(=O)Nc3cccc(C(F)(F)F)c3)nnc2N2CCOCC2)cc1. The molecule has 1 saturated heterocycles. The van der Waals surface area contributed by atoms with Gasteiger partial charge in [0.2, 0.25) is 11.9 Å². The van der Waals surface area contributed by atoms with Crippen LogP contribution in [0.3, 0.4) is 0 Å². The molecule has 1 aromatic heterocycles. The van der Waals surface area contributed by atoms with Crippen LogP contribution in [0.4, 0.5) is 24.8 Å². The minimum atomic E-state index is -4.48. The van der Waals surface area contributed by atoms with Crippen molar-refractivity contribution in [2.45, 2.75) is 30.4 Å². The van der Waals surface area contributed by atoms with E-state index in [0.29, 0.717) is 37.4 Å². The van der Waals surface area contributed by atoms with Gasteiger partial charge in [-0.1, -0.05) is 35.5 Å². The van der Waals surface area contributed by atoms with Gasteiger partial charge in [-0.25, -0.2) is 0 Å². The number of hydrogen-bond acceptors (Lipinski definition) is 6. The lowest BCUT2D eigenvalue weighted by molar-refractivity contribution is -0.137. The van der Waals surface area contributed by atoms with Crippen LogP contribution in [0, 0.1) is 6.92 Å². The number of thioether (sulfide) groups is 1. The maximum atomic E-state index is 13.0. The molecule has 180 valence electrons. The normalized spacial score (nSPS) is 15.3. The van der Waals surface area contributed by atoms with E-state index in [4.69, 9.17) is 4.74 Å². The van der Waals surface area contributed by atoms with Gasteiger partial charge in [-0.2, -0.15) is 13.2 Å². The highest BCUT2D eigenvalue weighted by Gasteiger charge is 2.31. The number of carbonyl (C=O) groups is 1. The molecule has 3 aromatic rings. The molecule has 4 rings (SSSR count). The Balaban J connectivity index is 1.56. The molecule has 0 bridgehead atoms. The van der Waals surface area contributed by atoms with Gasteiger partial charge in [0.05, 0.1) is 29.7 Å². The maximum absolute atomic E-state index is 13.0. The zero-order valence-electron chi connectivity index (χ0n) is 18.7. The van der Waals surface area contributed by atoms with Gasteiger partial charge >= 0.3 is 6.18 Å². The number of halogens is 3. The number of anilines is 2. The van der Waals surface area contributed by atoms with Crippen LogP contribution in [0.15, 0.2) is 53.7 Å². The van der Waals surface area contributed by atoms with Gasteiger partial charge < -0.3 is 15.0 Å². The molecule has 1 aliphatic heterocycles. The van der Waals surface area contributed by atoms with E-state index in [-0.39, 0.29) is 5.69 Å². The maximum Gasteiger partial charge on any atom is 0.416 e. The molecule has 2 aromatic carbocycles. The van der Waals surface area contributed by atoms with Crippen LogP contribution >= 0.6 is 11.8 Å². The summed E-state index contributed by atoms with van der Waals surface area (Å²) in [4.78, 5) is 14.9. The molecule has 0 saturated carbocycles. The van der Waals surface area contributed by atoms with E-state index in [1.54, 1.807) is 6.92 Å². The first-order valence-corrected chi connectivity index (χ1v) is 11.6. The van der Waals surface area contributed by atoms with Gasteiger partial charge in [0, 0.05) is 18.8 Å². The number of rotatable bonds is 6. The lowest BCUT2D eigenvalue weighted by Crippen LogP contribution is -2.38. The van der Waals surface area contributed by atoms with Crippen molar-refractivity contribution in [3.8, 4) is 5.69 Å². The first kappa shape index (κ1) is 24.1. The smallest absolute Gasteiger partial charge is 0.378 e. The minimum absolute atomic E-state index is 0.0845. The molecule has 1 atom stereocenters. The molecule has 11 heteroatoms. The Morgan fingerprint density at radius 3 is 2.50 bits per heavy atom. The summed E-state index contributed by atoms with van der Waals surface area (Å²) < 4.78 is 46.3. The third kappa shape index (κ3) is 5.53. The molecule has 1 fully saturated rings. The molecule has 1 unspecified atom stereocenters. The molecule has 1 N–H and O–H groups in total. The van der Waals surface area contributed by atoms with Crippen molar-refractivity contribution in [3.05, 3.63) is 59.7 Å². The topological polar surface area (TPSA) is 72.3 Å². The Morgan fingerprint density at radius 1 is 1.12 bits per heavy atom. The lowest BCUT2D eigenvalue weighted by Gasteiger charge is -2.28. The first-order valence-electron chi connectivity index (χ1n) is 10.7. The van der Waals surface area contributed by atoms with Gasteiger partial charge in [-0.15, -0.1) is 10.2 Å².